The molecule has 1 unspecified atom stereocenters. The fourth-order valence-corrected chi connectivity index (χ4v) is 0.792. The summed E-state index contributed by atoms with van der Waals surface area (Å²) in [7, 11) is 5.52. The Morgan fingerprint density at radius 2 is 2.33 bits per heavy atom. The topological polar surface area (TPSA) is 50.5 Å². The van der Waals surface area contributed by atoms with E-state index in [2.05, 4.69) is 10.2 Å². The zero-order chi connectivity index (χ0) is 9.56. The first kappa shape index (κ1) is 11.3. The number of hydrogen-bond donors (Lipinski definition) is 2. The second kappa shape index (κ2) is 5.85. The normalized spacial score (nSPS) is 14.9. The van der Waals surface area contributed by atoms with Crippen LogP contribution in [0, 0.1) is 0 Å². The average Bonchev–Trinajstić information content (AvgIpc) is 2.12. The van der Waals surface area contributed by atoms with Crippen LogP contribution in [0.5, 0.6) is 0 Å². The largest absolute Gasteiger partial charge is 0.403 e. The zero-order valence-corrected chi connectivity index (χ0v) is 8.29. The molecule has 0 aliphatic heterocycles. The van der Waals surface area contributed by atoms with Crippen molar-refractivity contribution in [1.29, 1.82) is 0 Å². The Balaban J connectivity index is 3.89. The van der Waals surface area contributed by atoms with Gasteiger partial charge in [-0.3, -0.25) is 4.90 Å². The highest BCUT2D eigenvalue weighted by Crippen LogP contribution is 1.98. The lowest BCUT2D eigenvalue weighted by molar-refractivity contribution is 0.00116. The molecule has 0 aliphatic rings. The van der Waals surface area contributed by atoms with Crippen molar-refractivity contribution < 1.29 is 4.74 Å². The van der Waals surface area contributed by atoms with Crippen molar-refractivity contribution >= 4 is 0 Å². The van der Waals surface area contributed by atoms with Gasteiger partial charge >= 0.3 is 0 Å². The summed E-state index contributed by atoms with van der Waals surface area (Å²) in [5.74, 6) is 0. The predicted molar refractivity (Wildman–Crippen MR) is 50.4 cm³/mol. The first-order valence-electron chi connectivity index (χ1n) is 3.97. The number of ether oxygens (including phenoxy) is 1. The van der Waals surface area contributed by atoms with Gasteiger partial charge in [-0.05, 0) is 14.0 Å². The molecule has 0 aliphatic carbocycles. The first-order valence-corrected chi connectivity index (χ1v) is 3.97. The lowest BCUT2D eigenvalue weighted by Crippen LogP contribution is -2.34. The minimum atomic E-state index is 0.105. The van der Waals surface area contributed by atoms with Crippen molar-refractivity contribution in [2.75, 3.05) is 27.7 Å². The minimum absolute atomic E-state index is 0.105. The number of likely N-dealkylation sites (N-methyl/N-ethyl adjacent to an activating group) is 2. The molecule has 0 rings (SSSR count). The van der Waals surface area contributed by atoms with Gasteiger partial charge < -0.3 is 15.8 Å². The van der Waals surface area contributed by atoms with Crippen molar-refractivity contribution in [3.8, 4) is 0 Å². The molecule has 0 bridgehead atoms. The van der Waals surface area contributed by atoms with Gasteiger partial charge in [0.15, 0.2) is 0 Å². The van der Waals surface area contributed by atoms with Crippen LogP contribution in [-0.2, 0) is 4.74 Å². The highest BCUT2D eigenvalue weighted by Gasteiger charge is 2.07. The van der Waals surface area contributed by atoms with Gasteiger partial charge in [0.25, 0.3) is 0 Å². The van der Waals surface area contributed by atoms with E-state index < -0.39 is 0 Å². The zero-order valence-electron chi connectivity index (χ0n) is 8.29. The molecule has 0 aromatic heterocycles. The van der Waals surface area contributed by atoms with Crippen molar-refractivity contribution in [3.05, 3.63) is 11.9 Å². The molecule has 4 nitrogen and oxygen atoms in total. The van der Waals surface area contributed by atoms with Crippen LogP contribution in [-0.4, -0.2) is 38.9 Å². The molecule has 0 saturated heterocycles. The molecule has 1 atom stereocenters. The number of hydrogen-bond acceptors (Lipinski definition) is 4. The van der Waals surface area contributed by atoms with Gasteiger partial charge in [0.05, 0.1) is 0 Å². The standard InChI is InChI=1S/C8H19N3O/c1-7(12-4)11(3)6-8(5-9)10-2/h5,7,10H,6,9H2,1-4H3/b8-5+. The van der Waals surface area contributed by atoms with Crippen LogP contribution in [0.3, 0.4) is 0 Å². The lowest BCUT2D eigenvalue weighted by Gasteiger charge is -2.23. The van der Waals surface area contributed by atoms with Crippen molar-refractivity contribution in [3.63, 3.8) is 0 Å². The summed E-state index contributed by atoms with van der Waals surface area (Å²) in [6, 6.07) is 0. The maximum atomic E-state index is 5.38. The predicted octanol–water partition coefficient (Wildman–Crippen LogP) is -0.0699. The van der Waals surface area contributed by atoms with E-state index in [1.165, 1.54) is 0 Å². The van der Waals surface area contributed by atoms with Crippen molar-refractivity contribution in [2.45, 2.75) is 13.2 Å². The van der Waals surface area contributed by atoms with Gasteiger partial charge in [0, 0.05) is 32.6 Å². The van der Waals surface area contributed by atoms with Crippen LogP contribution >= 0.6 is 0 Å². The number of nitrogens with two attached hydrogens (primary N) is 1. The summed E-state index contributed by atoms with van der Waals surface area (Å²) in [5.41, 5.74) is 6.37. The maximum Gasteiger partial charge on any atom is 0.107 e. The maximum absolute atomic E-state index is 5.38. The molecule has 3 N–H and O–H groups in total. The molecular formula is C8H19N3O. The minimum Gasteiger partial charge on any atom is -0.403 e. The summed E-state index contributed by atoms with van der Waals surface area (Å²) in [5, 5.41) is 3.00. The third-order valence-corrected chi connectivity index (χ3v) is 1.90. The van der Waals surface area contributed by atoms with E-state index in [9.17, 15) is 0 Å². The first-order chi connectivity index (χ1) is 5.65. The van der Waals surface area contributed by atoms with Crippen LogP contribution in [0.15, 0.2) is 11.9 Å². The Morgan fingerprint density at radius 1 is 1.75 bits per heavy atom. The van der Waals surface area contributed by atoms with Crippen molar-refractivity contribution in [1.82, 2.24) is 10.2 Å². The quantitative estimate of drug-likeness (QED) is 0.571. The van der Waals surface area contributed by atoms with Gasteiger partial charge in [-0.1, -0.05) is 0 Å². The van der Waals surface area contributed by atoms with E-state index in [1.54, 1.807) is 13.3 Å². The monoisotopic (exact) mass is 173 g/mol. The van der Waals surface area contributed by atoms with E-state index in [1.807, 2.05) is 21.0 Å². The summed E-state index contributed by atoms with van der Waals surface area (Å²) in [6.45, 7) is 2.76. The summed E-state index contributed by atoms with van der Waals surface area (Å²) in [6.07, 6.45) is 1.67. The van der Waals surface area contributed by atoms with Gasteiger partial charge in [0.2, 0.25) is 0 Å². The second-order valence-corrected chi connectivity index (χ2v) is 2.69. The Bertz CT molecular complexity index is 147. The van der Waals surface area contributed by atoms with Crippen LogP contribution < -0.4 is 11.1 Å². The summed E-state index contributed by atoms with van der Waals surface area (Å²) >= 11 is 0. The fraction of sp³-hybridized carbons (Fsp3) is 0.750. The smallest absolute Gasteiger partial charge is 0.107 e. The SMILES string of the molecule is CN/C(=C/N)CN(C)C(C)OC. The Labute approximate surface area is 74.4 Å². The van der Waals surface area contributed by atoms with Crippen LogP contribution in [0.2, 0.25) is 0 Å². The average molecular weight is 173 g/mol. The Morgan fingerprint density at radius 3 is 2.67 bits per heavy atom. The lowest BCUT2D eigenvalue weighted by atomic mass is 10.4. The third kappa shape index (κ3) is 3.59. The molecule has 0 radical (unpaired) electrons. The number of methoxy groups -OCH3 is 1. The van der Waals surface area contributed by atoms with E-state index in [0.717, 1.165) is 12.2 Å². The Hall–Kier alpha value is -0.740. The summed E-state index contributed by atoms with van der Waals surface area (Å²) in [4.78, 5) is 2.05. The van der Waals surface area contributed by atoms with Gasteiger partial charge in [-0.25, -0.2) is 0 Å². The second-order valence-electron chi connectivity index (χ2n) is 2.69. The van der Waals surface area contributed by atoms with Gasteiger partial charge in [-0.2, -0.15) is 0 Å². The molecular weight excluding hydrogens is 154 g/mol. The van der Waals surface area contributed by atoms with Crippen LogP contribution in [0.1, 0.15) is 6.92 Å². The summed E-state index contributed by atoms with van der Waals surface area (Å²) < 4.78 is 5.13. The molecule has 4 heteroatoms. The number of rotatable bonds is 5. The fourth-order valence-electron chi connectivity index (χ4n) is 0.792. The number of nitrogens with zero attached hydrogens (tertiary/aromatic N) is 1. The van der Waals surface area contributed by atoms with Crippen molar-refractivity contribution in [2.24, 2.45) is 5.73 Å². The molecule has 0 amide bonds. The molecule has 0 aromatic carbocycles. The molecule has 72 valence electrons. The molecule has 0 heterocycles. The molecule has 0 fully saturated rings. The molecule has 0 saturated carbocycles. The van der Waals surface area contributed by atoms with E-state index in [-0.39, 0.29) is 6.23 Å². The van der Waals surface area contributed by atoms with E-state index in [0.29, 0.717) is 0 Å². The van der Waals surface area contributed by atoms with Crippen LogP contribution in [0.25, 0.3) is 0 Å². The molecule has 12 heavy (non-hydrogen) atoms. The number of nitrogens with one attached hydrogen (secondary N) is 1. The van der Waals surface area contributed by atoms with Crippen LogP contribution in [0.4, 0.5) is 0 Å². The van der Waals surface area contributed by atoms with Gasteiger partial charge in [0.1, 0.15) is 6.23 Å². The van der Waals surface area contributed by atoms with E-state index in [4.69, 9.17) is 10.5 Å². The Kier molecular flexibility index (Phi) is 5.49. The molecule has 0 aromatic rings. The highest BCUT2D eigenvalue weighted by molar-refractivity contribution is 4.98. The molecule has 0 spiro atoms. The van der Waals surface area contributed by atoms with Gasteiger partial charge in [-0.15, -0.1) is 0 Å². The van der Waals surface area contributed by atoms with E-state index >= 15 is 0 Å². The third-order valence-electron chi connectivity index (χ3n) is 1.90. The highest BCUT2D eigenvalue weighted by atomic mass is 16.5.